The van der Waals surface area contributed by atoms with Crippen molar-refractivity contribution in [2.24, 2.45) is 11.3 Å². The lowest BCUT2D eigenvalue weighted by molar-refractivity contribution is -0.151. The maximum Gasteiger partial charge on any atom is 0.313 e. The summed E-state index contributed by atoms with van der Waals surface area (Å²) < 4.78 is 10.8. The number of hydrogen-bond donors (Lipinski definition) is 1. The smallest absolute Gasteiger partial charge is 0.313 e. The highest BCUT2D eigenvalue weighted by molar-refractivity contribution is 5.90. The van der Waals surface area contributed by atoms with Crippen LogP contribution in [0.3, 0.4) is 0 Å². The van der Waals surface area contributed by atoms with Gasteiger partial charge in [0.15, 0.2) is 0 Å². The molecule has 1 N–H and O–H groups in total. The van der Waals surface area contributed by atoms with Gasteiger partial charge in [-0.2, -0.15) is 0 Å². The first-order valence-corrected chi connectivity index (χ1v) is 9.81. The van der Waals surface area contributed by atoms with Crippen LogP contribution in [0.5, 0.6) is 5.75 Å². The molecule has 0 amide bonds. The first kappa shape index (κ1) is 19.9. The fourth-order valence-corrected chi connectivity index (χ4v) is 4.07. The number of esters is 1. The largest absolute Gasteiger partial charge is 0.489 e. The number of carbonyl (C=O) groups excluding carboxylic acids is 1. The zero-order valence-electron chi connectivity index (χ0n) is 16.9. The first-order valence-electron chi connectivity index (χ1n) is 9.81. The number of carboxylic acid groups (broad SMARTS) is 1. The first-order chi connectivity index (χ1) is 14.4. The highest BCUT2D eigenvalue weighted by Crippen LogP contribution is 2.55. The van der Waals surface area contributed by atoms with Gasteiger partial charge in [-0.05, 0) is 49.6 Å². The molecular formula is C24H23NO5. The molecule has 4 rings (SSSR count). The predicted octanol–water partition coefficient (Wildman–Crippen LogP) is 3.93. The van der Waals surface area contributed by atoms with Crippen LogP contribution in [0.15, 0.2) is 54.6 Å². The molecule has 3 aromatic rings. The molecule has 0 saturated heterocycles. The van der Waals surface area contributed by atoms with Gasteiger partial charge in [-0.3, -0.25) is 14.6 Å². The highest BCUT2D eigenvalue weighted by atomic mass is 16.5. The van der Waals surface area contributed by atoms with E-state index in [0.717, 1.165) is 27.7 Å². The van der Waals surface area contributed by atoms with E-state index in [0.29, 0.717) is 25.2 Å². The molecule has 1 aromatic heterocycles. The Morgan fingerprint density at radius 2 is 1.90 bits per heavy atom. The van der Waals surface area contributed by atoms with Crippen LogP contribution in [0.1, 0.15) is 23.2 Å². The number of aryl methyl sites for hydroxylation is 1. The Labute approximate surface area is 174 Å². The van der Waals surface area contributed by atoms with Crippen molar-refractivity contribution in [2.45, 2.75) is 26.4 Å². The molecule has 0 aliphatic heterocycles. The summed E-state index contributed by atoms with van der Waals surface area (Å²) >= 11 is 0. The number of rotatable bonds is 7. The Hall–Kier alpha value is -3.41. The number of hydrogen-bond acceptors (Lipinski definition) is 5. The summed E-state index contributed by atoms with van der Waals surface area (Å²) in [6.45, 7) is 2.38. The van der Waals surface area contributed by atoms with Crippen LogP contribution in [-0.4, -0.2) is 29.1 Å². The molecule has 154 valence electrons. The van der Waals surface area contributed by atoms with Crippen molar-refractivity contribution < 1.29 is 24.2 Å². The number of nitrogens with zero attached hydrogens (tertiary/aromatic N) is 1. The second kappa shape index (κ2) is 7.78. The molecule has 2 aromatic carbocycles. The summed E-state index contributed by atoms with van der Waals surface area (Å²) in [7, 11) is 1.29. The molecule has 30 heavy (non-hydrogen) atoms. The molecule has 1 saturated carbocycles. The average molecular weight is 405 g/mol. The Morgan fingerprint density at radius 3 is 2.57 bits per heavy atom. The van der Waals surface area contributed by atoms with Crippen molar-refractivity contribution in [2.75, 3.05) is 7.11 Å². The van der Waals surface area contributed by atoms with E-state index in [1.54, 1.807) is 0 Å². The monoisotopic (exact) mass is 405 g/mol. The van der Waals surface area contributed by atoms with E-state index >= 15 is 0 Å². The summed E-state index contributed by atoms with van der Waals surface area (Å²) in [6.07, 6.45) is 0.646. The SMILES string of the molecule is COC(=O)[C@@]1(Cc2ccc(OCc3cc(C)nc4ccccc34)cc2)C[C@@H]1C(=O)O. The minimum absolute atomic E-state index is 0.307. The number of carbonyl (C=O) groups is 2. The third kappa shape index (κ3) is 3.73. The zero-order chi connectivity index (χ0) is 21.3. The van der Waals surface area contributed by atoms with Gasteiger partial charge >= 0.3 is 11.9 Å². The number of carboxylic acids is 1. The molecule has 0 unspecified atom stereocenters. The summed E-state index contributed by atoms with van der Waals surface area (Å²) in [5.41, 5.74) is 2.86. The number of benzene rings is 2. The number of methoxy groups -OCH3 is 1. The number of ether oxygens (including phenoxy) is 2. The van der Waals surface area contributed by atoms with Gasteiger partial charge in [0, 0.05) is 16.6 Å². The Morgan fingerprint density at radius 1 is 1.17 bits per heavy atom. The van der Waals surface area contributed by atoms with Gasteiger partial charge in [-0.1, -0.05) is 30.3 Å². The summed E-state index contributed by atoms with van der Waals surface area (Å²) in [5.74, 6) is -1.41. The number of aromatic nitrogens is 1. The second-order valence-corrected chi connectivity index (χ2v) is 7.79. The quantitative estimate of drug-likeness (QED) is 0.600. The van der Waals surface area contributed by atoms with Crippen LogP contribution in [0, 0.1) is 18.3 Å². The van der Waals surface area contributed by atoms with E-state index in [-0.39, 0.29) is 0 Å². The standard InChI is InChI=1S/C24H23NO5/c1-15-11-17(19-5-3-4-6-21(19)25-15)14-30-18-9-7-16(8-10-18)12-24(23(28)29-2)13-20(24)22(26)27/h3-11,20H,12-14H2,1-2H3,(H,26,27)/t20-,24+/m1/s1. The minimum Gasteiger partial charge on any atom is -0.489 e. The molecule has 0 radical (unpaired) electrons. The summed E-state index contributed by atoms with van der Waals surface area (Å²) in [6, 6.07) is 17.4. The van der Waals surface area contributed by atoms with E-state index in [2.05, 4.69) is 4.98 Å². The third-order valence-electron chi connectivity index (χ3n) is 5.73. The molecule has 6 nitrogen and oxygen atoms in total. The molecule has 2 atom stereocenters. The molecule has 0 spiro atoms. The fourth-order valence-electron chi connectivity index (χ4n) is 4.07. The number of aliphatic carboxylic acids is 1. The van der Waals surface area contributed by atoms with E-state index in [1.165, 1.54) is 7.11 Å². The van der Waals surface area contributed by atoms with Crippen LogP contribution >= 0.6 is 0 Å². The lowest BCUT2D eigenvalue weighted by Gasteiger charge is -2.14. The van der Waals surface area contributed by atoms with Crippen LogP contribution < -0.4 is 4.74 Å². The number of pyridine rings is 1. The van der Waals surface area contributed by atoms with Crippen molar-refractivity contribution in [3.63, 3.8) is 0 Å². The second-order valence-electron chi connectivity index (χ2n) is 7.79. The van der Waals surface area contributed by atoms with Crippen molar-refractivity contribution >= 4 is 22.8 Å². The van der Waals surface area contributed by atoms with Crippen molar-refractivity contribution in [3.05, 3.63) is 71.4 Å². The van der Waals surface area contributed by atoms with E-state index in [1.807, 2.05) is 61.5 Å². The summed E-state index contributed by atoms with van der Waals surface area (Å²) in [5, 5.41) is 10.4. The van der Waals surface area contributed by atoms with Crippen molar-refractivity contribution in [1.29, 1.82) is 0 Å². The summed E-state index contributed by atoms with van der Waals surface area (Å²) in [4.78, 5) is 28.1. The Kier molecular flexibility index (Phi) is 5.16. The van der Waals surface area contributed by atoms with E-state index in [9.17, 15) is 14.7 Å². The normalized spacial score (nSPS) is 20.0. The fraction of sp³-hybridized carbons (Fsp3) is 0.292. The van der Waals surface area contributed by atoms with E-state index in [4.69, 9.17) is 9.47 Å². The third-order valence-corrected chi connectivity index (χ3v) is 5.73. The number of fused-ring (bicyclic) bond motifs is 1. The van der Waals surface area contributed by atoms with Gasteiger partial charge in [0.2, 0.25) is 0 Å². The maximum absolute atomic E-state index is 12.2. The maximum atomic E-state index is 12.2. The van der Waals surface area contributed by atoms with Crippen molar-refractivity contribution in [1.82, 2.24) is 4.98 Å². The zero-order valence-corrected chi connectivity index (χ0v) is 16.9. The molecule has 1 heterocycles. The molecule has 6 heteroatoms. The Bertz CT molecular complexity index is 1110. The molecular weight excluding hydrogens is 382 g/mol. The average Bonchev–Trinajstić information content (AvgIpc) is 3.48. The van der Waals surface area contributed by atoms with Gasteiger partial charge in [-0.25, -0.2) is 0 Å². The molecule has 1 fully saturated rings. The van der Waals surface area contributed by atoms with Gasteiger partial charge < -0.3 is 14.6 Å². The molecule has 1 aliphatic carbocycles. The van der Waals surface area contributed by atoms with Gasteiger partial charge in [-0.15, -0.1) is 0 Å². The van der Waals surface area contributed by atoms with Gasteiger partial charge in [0.1, 0.15) is 12.4 Å². The lowest BCUT2D eigenvalue weighted by Crippen LogP contribution is -2.25. The highest BCUT2D eigenvalue weighted by Gasteiger charge is 2.64. The van der Waals surface area contributed by atoms with Crippen LogP contribution in [0.4, 0.5) is 0 Å². The predicted molar refractivity (Wildman–Crippen MR) is 111 cm³/mol. The molecule has 0 bridgehead atoms. The molecule has 1 aliphatic rings. The lowest BCUT2D eigenvalue weighted by atomic mass is 9.94. The van der Waals surface area contributed by atoms with E-state index < -0.39 is 23.3 Å². The Balaban J connectivity index is 1.46. The van der Waals surface area contributed by atoms with Gasteiger partial charge in [0.25, 0.3) is 0 Å². The van der Waals surface area contributed by atoms with Gasteiger partial charge in [0.05, 0.1) is 24.0 Å². The topological polar surface area (TPSA) is 85.7 Å². The minimum atomic E-state index is -0.962. The van der Waals surface area contributed by atoms with Crippen molar-refractivity contribution in [3.8, 4) is 5.75 Å². The van der Waals surface area contributed by atoms with Crippen LogP contribution in [0.2, 0.25) is 0 Å². The van der Waals surface area contributed by atoms with Crippen LogP contribution in [-0.2, 0) is 27.4 Å². The van der Waals surface area contributed by atoms with Crippen LogP contribution in [0.25, 0.3) is 10.9 Å². The number of para-hydroxylation sites is 1.